The van der Waals surface area contributed by atoms with Gasteiger partial charge in [0.15, 0.2) is 0 Å². The van der Waals surface area contributed by atoms with E-state index >= 15 is 0 Å². The van der Waals surface area contributed by atoms with Crippen LogP contribution in [0, 0.1) is 18.3 Å². The van der Waals surface area contributed by atoms with Gasteiger partial charge in [-0.05, 0) is 50.1 Å². The predicted octanol–water partition coefficient (Wildman–Crippen LogP) is 1.94. The molecule has 0 saturated heterocycles. The summed E-state index contributed by atoms with van der Waals surface area (Å²) in [5.41, 5.74) is 9.41. The molecule has 0 aliphatic rings. The Morgan fingerprint density at radius 3 is 3.00 bits per heavy atom. The van der Waals surface area contributed by atoms with Gasteiger partial charge in [-0.15, -0.1) is 0 Å². The van der Waals surface area contributed by atoms with Crippen molar-refractivity contribution in [1.82, 2.24) is 9.78 Å². The first kappa shape index (κ1) is 12.3. The molecule has 18 heavy (non-hydrogen) atoms. The van der Waals surface area contributed by atoms with Crippen LogP contribution in [0.4, 0.5) is 0 Å². The minimum Gasteiger partial charge on any atom is -0.330 e. The fraction of sp³-hybridized carbons (Fsp3) is 0.286. The minimum atomic E-state index is 0.644. The van der Waals surface area contributed by atoms with Gasteiger partial charge in [0.2, 0.25) is 0 Å². The van der Waals surface area contributed by atoms with E-state index in [1.54, 1.807) is 6.07 Å². The number of hydrogen-bond acceptors (Lipinski definition) is 3. The van der Waals surface area contributed by atoms with Gasteiger partial charge in [-0.2, -0.15) is 10.4 Å². The van der Waals surface area contributed by atoms with Gasteiger partial charge in [0.25, 0.3) is 0 Å². The van der Waals surface area contributed by atoms with Gasteiger partial charge in [0.05, 0.1) is 23.5 Å². The Labute approximate surface area is 107 Å². The minimum absolute atomic E-state index is 0.644. The normalized spacial score (nSPS) is 10.3. The van der Waals surface area contributed by atoms with Crippen LogP contribution in [0.2, 0.25) is 0 Å². The zero-order chi connectivity index (χ0) is 13.0. The summed E-state index contributed by atoms with van der Waals surface area (Å²) in [4.78, 5) is 0. The van der Waals surface area contributed by atoms with E-state index in [0.717, 1.165) is 24.2 Å². The second-order valence-corrected chi connectivity index (χ2v) is 4.22. The molecule has 1 aromatic heterocycles. The Bertz CT molecular complexity index is 578. The predicted molar refractivity (Wildman–Crippen MR) is 70.4 cm³/mol. The maximum atomic E-state index is 8.91. The lowest BCUT2D eigenvalue weighted by Gasteiger charge is -2.05. The highest BCUT2D eigenvalue weighted by Crippen LogP contribution is 2.16. The standard InChI is InChI=1S/C14H16N4/c1-11-13(5-3-7-15)10-17-18(11)14-6-2-4-12(8-14)9-16/h2,4,6,8,10H,3,5,7,15H2,1H3. The maximum Gasteiger partial charge on any atom is 0.0992 e. The number of nitriles is 1. The monoisotopic (exact) mass is 240 g/mol. The van der Waals surface area contributed by atoms with E-state index in [9.17, 15) is 0 Å². The molecule has 2 N–H and O–H groups in total. The first-order valence-electron chi connectivity index (χ1n) is 6.00. The zero-order valence-electron chi connectivity index (χ0n) is 10.4. The Balaban J connectivity index is 2.33. The molecule has 0 spiro atoms. The van der Waals surface area contributed by atoms with Crippen molar-refractivity contribution in [2.75, 3.05) is 6.54 Å². The third-order valence-electron chi connectivity index (χ3n) is 2.98. The molecule has 1 heterocycles. The van der Waals surface area contributed by atoms with Crippen molar-refractivity contribution in [3.63, 3.8) is 0 Å². The van der Waals surface area contributed by atoms with E-state index < -0.39 is 0 Å². The van der Waals surface area contributed by atoms with Gasteiger partial charge < -0.3 is 5.73 Å². The largest absolute Gasteiger partial charge is 0.330 e. The average Bonchev–Trinajstić information content (AvgIpc) is 2.78. The topological polar surface area (TPSA) is 67.6 Å². The quantitative estimate of drug-likeness (QED) is 0.888. The molecule has 0 aliphatic heterocycles. The molecule has 0 amide bonds. The number of nitrogens with two attached hydrogens (primary N) is 1. The molecule has 0 radical (unpaired) electrons. The Morgan fingerprint density at radius 2 is 2.28 bits per heavy atom. The number of aromatic nitrogens is 2. The number of benzene rings is 1. The van der Waals surface area contributed by atoms with Gasteiger partial charge in [0.1, 0.15) is 0 Å². The van der Waals surface area contributed by atoms with Crippen LogP contribution in [0.15, 0.2) is 30.5 Å². The molecule has 0 unspecified atom stereocenters. The third-order valence-corrected chi connectivity index (χ3v) is 2.98. The van der Waals surface area contributed by atoms with Crippen LogP contribution >= 0.6 is 0 Å². The van der Waals surface area contributed by atoms with Crippen LogP contribution in [0.3, 0.4) is 0 Å². The van der Waals surface area contributed by atoms with E-state index in [1.165, 1.54) is 5.56 Å². The summed E-state index contributed by atoms with van der Waals surface area (Å²) < 4.78 is 1.87. The highest BCUT2D eigenvalue weighted by atomic mass is 15.3. The van der Waals surface area contributed by atoms with Crippen LogP contribution < -0.4 is 5.73 Å². The van der Waals surface area contributed by atoms with E-state index in [2.05, 4.69) is 11.2 Å². The molecule has 4 heteroatoms. The molecule has 1 aromatic carbocycles. The SMILES string of the molecule is Cc1c(CCCN)cnn1-c1cccc(C#N)c1. The van der Waals surface area contributed by atoms with Crippen LogP contribution in [-0.2, 0) is 6.42 Å². The highest BCUT2D eigenvalue weighted by Gasteiger charge is 2.07. The summed E-state index contributed by atoms with van der Waals surface area (Å²) in [6, 6.07) is 9.59. The summed E-state index contributed by atoms with van der Waals surface area (Å²) in [5, 5.41) is 13.3. The van der Waals surface area contributed by atoms with Crippen LogP contribution in [0.5, 0.6) is 0 Å². The van der Waals surface area contributed by atoms with Crippen molar-refractivity contribution in [1.29, 1.82) is 5.26 Å². The molecule has 0 saturated carbocycles. The summed E-state index contributed by atoms with van der Waals surface area (Å²) in [7, 11) is 0. The molecule has 0 atom stereocenters. The highest BCUT2D eigenvalue weighted by molar-refractivity contribution is 5.42. The third kappa shape index (κ3) is 2.41. The van der Waals surface area contributed by atoms with Gasteiger partial charge in [-0.25, -0.2) is 4.68 Å². The Kier molecular flexibility index (Phi) is 3.75. The zero-order valence-corrected chi connectivity index (χ0v) is 10.4. The van der Waals surface area contributed by atoms with Crippen molar-refractivity contribution in [2.24, 2.45) is 5.73 Å². The van der Waals surface area contributed by atoms with Gasteiger partial charge in [-0.3, -0.25) is 0 Å². The number of aryl methyl sites for hydroxylation is 1. The second kappa shape index (κ2) is 5.48. The number of nitrogens with zero attached hydrogens (tertiary/aromatic N) is 3. The van der Waals surface area contributed by atoms with Crippen molar-refractivity contribution in [3.05, 3.63) is 47.3 Å². The summed E-state index contributed by atoms with van der Waals surface area (Å²) in [5.74, 6) is 0. The molecule has 0 bridgehead atoms. The van der Waals surface area contributed by atoms with Crippen molar-refractivity contribution in [3.8, 4) is 11.8 Å². The molecule has 4 nitrogen and oxygen atoms in total. The van der Waals surface area contributed by atoms with Gasteiger partial charge in [0, 0.05) is 5.69 Å². The van der Waals surface area contributed by atoms with Gasteiger partial charge in [-0.1, -0.05) is 6.07 Å². The Morgan fingerprint density at radius 1 is 1.44 bits per heavy atom. The summed E-state index contributed by atoms with van der Waals surface area (Å²) in [6.07, 6.45) is 3.79. The second-order valence-electron chi connectivity index (χ2n) is 4.22. The van der Waals surface area contributed by atoms with E-state index in [0.29, 0.717) is 12.1 Å². The molecule has 0 fully saturated rings. The van der Waals surface area contributed by atoms with E-state index in [4.69, 9.17) is 11.0 Å². The van der Waals surface area contributed by atoms with E-state index in [-0.39, 0.29) is 0 Å². The Hall–Kier alpha value is -2.12. The van der Waals surface area contributed by atoms with Crippen LogP contribution in [-0.4, -0.2) is 16.3 Å². The molecule has 2 rings (SSSR count). The fourth-order valence-corrected chi connectivity index (χ4v) is 1.95. The molecular formula is C14H16N4. The maximum absolute atomic E-state index is 8.91. The molecular weight excluding hydrogens is 224 g/mol. The van der Waals surface area contributed by atoms with Crippen molar-refractivity contribution < 1.29 is 0 Å². The van der Waals surface area contributed by atoms with Crippen LogP contribution in [0.1, 0.15) is 23.2 Å². The van der Waals surface area contributed by atoms with Gasteiger partial charge >= 0.3 is 0 Å². The lowest BCUT2D eigenvalue weighted by atomic mass is 10.1. The lowest BCUT2D eigenvalue weighted by Crippen LogP contribution is -2.02. The summed E-state index contributed by atoms with van der Waals surface area (Å²) in [6.45, 7) is 2.73. The summed E-state index contributed by atoms with van der Waals surface area (Å²) >= 11 is 0. The molecule has 0 aliphatic carbocycles. The number of hydrogen-bond donors (Lipinski definition) is 1. The fourth-order valence-electron chi connectivity index (χ4n) is 1.95. The first-order valence-corrected chi connectivity index (χ1v) is 6.00. The van der Waals surface area contributed by atoms with E-state index in [1.807, 2.05) is 36.0 Å². The lowest BCUT2D eigenvalue weighted by molar-refractivity contribution is 0.815. The average molecular weight is 240 g/mol. The smallest absolute Gasteiger partial charge is 0.0992 e. The molecule has 2 aromatic rings. The van der Waals surface area contributed by atoms with Crippen molar-refractivity contribution >= 4 is 0 Å². The van der Waals surface area contributed by atoms with Crippen LogP contribution in [0.25, 0.3) is 5.69 Å². The van der Waals surface area contributed by atoms with Crippen molar-refractivity contribution in [2.45, 2.75) is 19.8 Å². The first-order chi connectivity index (χ1) is 8.76. The molecule has 92 valence electrons. The number of rotatable bonds is 4.